The fraction of sp³-hybridized carbons (Fsp3) is 0.125. The van der Waals surface area contributed by atoms with E-state index in [2.05, 4.69) is 0 Å². The smallest absolute Gasteiger partial charge is 0.124 e. The van der Waals surface area contributed by atoms with Crippen molar-refractivity contribution in [3.05, 3.63) is 69.3 Å². The van der Waals surface area contributed by atoms with Gasteiger partial charge in [-0.1, -0.05) is 29.8 Å². The Morgan fingerprint density at radius 3 is 2.70 bits per heavy atom. The van der Waals surface area contributed by atoms with Crippen molar-refractivity contribution in [3.63, 3.8) is 0 Å². The second-order valence-electron chi connectivity index (χ2n) is 4.82. The van der Waals surface area contributed by atoms with Crippen LogP contribution in [0.25, 0.3) is 10.1 Å². The van der Waals surface area contributed by atoms with Gasteiger partial charge in [0.05, 0.1) is 6.04 Å². The minimum Gasteiger partial charge on any atom is -0.320 e. The molecular formula is C16H13ClFNS. The topological polar surface area (TPSA) is 26.0 Å². The van der Waals surface area contributed by atoms with Gasteiger partial charge >= 0.3 is 0 Å². The molecule has 1 unspecified atom stereocenters. The van der Waals surface area contributed by atoms with Gasteiger partial charge in [0, 0.05) is 14.6 Å². The number of hydrogen-bond donors (Lipinski definition) is 1. The fourth-order valence-corrected chi connectivity index (χ4v) is 3.45. The molecule has 1 atom stereocenters. The van der Waals surface area contributed by atoms with Gasteiger partial charge in [0.2, 0.25) is 0 Å². The lowest BCUT2D eigenvalue weighted by molar-refractivity contribution is 0.630. The molecule has 2 aromatic carbocycles. The van der Waals surface area contributed by atoms with E-state index in [1.54, 1.807) is 12.1 Å². The van der Waals surface area contributed by atoms with Crippen LogP contribution >= 0.6 is 22.9 Å². The van der Waals surface area contributed by atoms with Crippen molar-refractivity contribution in [2.24, 2.45) is 5.73 Å². The molecule has 102 valence electrons. The summed E-state index contributed by atoms with van der Waals surface area (Å²) in [6.07, 6.45) is 0. The molecule has 0 aliphatic carbocycles. The Labute approximate surface area is 125 Å². The normalized spacial score (nSPS) is 12.8. The van der Waals surface area contributed by atoms with Crippen LogP contribution in [0.1, 0.15) is 22.0 Å². The van der Waals surface area contributed by atoms with Crippen LogP contribution in [0.5, 0.6) is 0 Å². The summed E-state index contributed by atoms with van der Waals surface area (Å²) in [6.45, 7) is 1.96. The van der Waals surface area contributed by atoms with Crippen LogP contribution in [0, 0.1) is 12.7 Å². The minimum absolute atomic E-state index is 0.224. The SMILES string of the molecule is Cc1ccc(C(N)c2cc3ccc(F)cc3s2)cc1Cl. The summed E-state index contributed by atoms with van der Waals surface area (Å²) in [5.74, 6) is -0.224. The van der Waals surface area contributed by atoms with Crippen molar-refractivity contribution in [2.75, 3.05) is 0 Å². The molecule has 1 aromatic heterocycles. The average Bonchev–Trinajstić information content (AvgIpc) is 2.84. The molecule has 1 heterocycles. The van der Waals surface area contributed by atoms with Gasteiger partial charge in [0.1, 0.15) is 5.82 Å². The van der Waals surface area contributed by atoms with Gasteiger partial charge in [-0.25, -0.2) is 4.39 Å². The van der Waals surface area contributed by atoms with Gasteiger partial charge in [-0.3, -0.25) is 0 Å². The highest BCUT2D eigenvalue weighted by Crippen LogP contribution is 2.33. The van der Waals surface area contributed by atoms with Crippen LogP contribution in [0.15, 0.2) is 42.5 Å². The number of fused-ring (bicyclic) bond motifs is 1. The van der Waals surface area contributed by atoms with E-state index in [1.165, 1.54) is 17.4 Å². The highest BCUT2D eigenvalue weighted by Gasteiger charge is 2.13. The van der Waals surface area contributed by atoms with E-state index >= 15 is 0 Å². The Balaban J connectivity index is 2.02. The van der Waals surface area contributed by atoms with Crippen LogP contribution < -0.4 is 5.73 Å². The molecule has 3 rings (SSSR count). The summed E-state index contributed by atoms with van der Waals surface area (Å²) >= 11 is 7.66. The Bertz CT molecular complexity index is 781. The number of halogens is 2. The van der Waals surface area contributed by atoms with Crippen molar-refractivity contribution in [1.29, 1.82) is 0 Å². The van der Waals surface area contributed by atoms with E-state index in [0.29, 0.717) is 5.02 Å². The van der Waals surface area contributed by atoms with Crippen molar-refractivity contribution in [1.82, 2.24) is 0 Å². The van der Waals surface area contributed by atoms with E-state index in [9.17, 15) is 4.39 Å². The highest BCUT2D eigenvalue weighted by molar-refractivity contribution is 7.19. The summed E-state index contributed by atoms with van der Waals surface area (Å²) in [5.41, 5.74) is 8.29. The first-order valence-corrected chi connectivity index (χ1v) is 7.44. The highest BCUT2D eigenvalue weighted by atomic mass is 35.5. The van der Waals surface area contributed by atoms with Crippen LogP contribution in [-0.4, -0.2) is 0 Å². The van der Waals surface area contributed by atoms with Crippen molar-refractivity contribution in [3.8, 4) is 0 Å². The van der Waals surface area contributed by atoms with E-state index < -0.39 is 0 Å². The zero-order chi connectivity index (χ0) is 14.3. The van der Waals surface area contributed by atoms with E-state index in [1.807, 2.05) is 31.2 Å². The lowest BCUT2D eigenvalue weighted by atomic mass is 10.0. The Kier molecular flexibility index (Phi) is 3.50. The number of aryl methyl sites for hydroxylation is 1. The van der Waals surface area contributed by atoms with Crippen LogP contribution in [0.4, 0.5) is 4.39 Å². The van der Waals surface area contributed by atoms with Gasteiger partial charge in [-0.2, -0.15) is 0 Å². The maximum absolute atomic E-state index is 13.2. The molecule has 0 aliphatic heterocycles. The zero-order valence-corrected chi connectivity index (χ0v) is 12.4. The van der Waals surface area contributed by atoms with Crippen molar-refractivity contribution >= 4 is 33.0 Å². The van der Waals surface area contributed by atoms with Crippen molar-refractivity contribution < 1.29 is 4.39 Å². The molecule has 20 heavy (non-hydrogen) atoms. The zero-order valence-electron chi connectivity index (χ0n) is 10.9. The molecule has 0 bridgehead atoms. The molecule has 0 fully saturated rings. The van der Waals surface area contributed by atoms with Crippen molar-refractivity contribution in [2.45, 2.75) is 13.0 Å². The third-order valence-electron chi connectivity index (χ3n) is 3.36. The number of rotatable bonds is 2. The summed E-state index contributed by atoms with van der Waals surface area (Å²) < 4.78 is 14.1. The number of thiophene rings is 1. The first-order valence-electron chi connectivity index (χ1n) is 6.25. The van der Waals surface area contributed by atoms with E-state index in [4.69, 9.17) is 17.3 Å². The molecule has 0 saturated carbocycles. The predicted octanol–water partition coefficient (Wildman–Crippen LogP) is 5.05. The monoisotopic (exact) mass is 305 g/mol. The second-order valence-corrected chi connectivity index (χ2v) is 6.34. The lowest BCUT2D eigenvalue weighted by Crippen LogP contribution is -2.10. The molecule has 2 N–H and O–H groups in total. The standard InChI is InChI=1S/C16H13ClFNS/c1-9-2-3-11(6-13(9)17)16(19)15-7-10-4-5-12(18)8-14(10)20-15/h2-8,16H,19H2,1H3. The fourth-order valence-electron chi connectivity index (χ4n) is 2.15. The van der Waals surface area contributed by atoms with Crippen LogP contribution in [0.2, 0.25) is 5.02 Å². The number of hydrogen-bond acceptors (Lipinski definition) is 2. The Morgan fingerprint density at radius 2 is 1.95 bits per heavy atom. The summed E-state index contributed by atoms with van der Waals surface area (Å²) in [4.78, 5) is 1.01. The van der Waals surface area contributed by atoms with E-state index in [0.717, 1.165) is 26.1 Å². The average molecular weight is 306 g/mol. The number of nitrogens with two attached hydrogens (primary N) is 1. The summed E-state index contributed by atoms with van der Waals surface area (Å²) in [7, 11) is 0. The Hall–Kier alpha value is -1.42. The third kappa shape index (κ3) is 2.44. The van der Waals surface area contributed by atoms with Gasteiger partial charge in [0.15, 0.2) is 0 Å². The lowest BCUT2D eigenvalue weighted by Gasteiger charge is -2.11. The van der Waals surface area contributed by atoms with E-state index in [-0.39, 0.29) is 11.9 Å². The molecule has 0 radical (unpaired) electrons. The van der Waals surface area contributed by atoms with Crippen LogP contribution in [0.3, 0.4) is 0 Å². The molecule has 0 spiro atoms. The second kappa shape index (κ2) is 5.17. The molecule has 0 aliphatic rings. The molecule has 0 saturated heterocycles. The molecule has 4 heteroatoms. The molecule has 0 amide bonds. The Morgan fingerprint density at radius 1 is 1.15 bits per heavy atom. The third-order valence-corrected chi connectivity index (χ3v) is 4.95. The maximum Gasteiger partial charge on any atom is 0.124 e. The van der Waals surface area contributed by atoms with Crippen LogP contribution in [-0.2, 0) is 0 Å². The maximum atomic E-state index is 13.2. The summed E-state index contributed by atoms with van der Waals surface area (Å²) in [5, 5.41) is 1.73. The minimum atomic E-state index is -0.242. The van der Waals surface area contributed by atoms with Gasteiger partial charge in [-0.15, -0.1) is 11.3 Å². The largest absolute Gasteiger partial charge is 0.320 e. The first-order chi connectivity index (χ1) is 9.54. The molecule has 1 nitrogen and oxygen atoms in total. The van der Waals surface area contributed by atoms with Gasteiger partial charge in [-0.05, 0) is 47.7 Å². The number of benzene rings is 2. The van der Waals surface area contributed by atoms with Gasteiger partial charge < -0.3 is 5.73 Å². The summed E-state index contributed by atoms with van der Waals surface area (Å²) in [6, 6.07) is 12.4. The molecule has 3 aromatic rings. The van der Waals surface area contributed by atoms with Gasteiger partial charge in [0.25, 0.3) is 0 Å². The molecular weight excluding hydrogens is 293 g/mol. The quantitative estimate of drug-likeness (QED) is 0.704. The predicted molar refractivity (Wildman–Crippen MR) is 84.0 cm³/mol. The first kappa shape index (κ1) is 13.6.